The number of nitriles is 1. The van der Waals surface area contributed by atoms with E-state index < -0.39 is 5.41 Å². The molecular weight excluding hydrogens is 388 g/mol. The summed E-state index contributed by atoms with van der Waals surface area (Å²) in [4.78, 5) is 13.2. The highest BCUT2D eigenvalue weighted by Crippen LogP contribution is 2.34. The van der Waals surface area contributed by atoms with Crippen LogP contribution in [0.15, 0.2) is 48.8 Å². The second-order valence-electron chi connectivity index (χ2n) is 7.77. The lowest BCUT2D eigenvalue weighted by Gasteiger charge is -2.24. The minimum absolute atomic E-state index is 0.325. The Morgan fingerprint density at radius 3 is 2.03 bits per heavy atom. The van der Waals surface area contributed by atoms with E-state index >= 15 is 0 Å². The Hall–Kier alpha value is -4.30. The van der Waals surface area contributed by atoms with Gasteiger partial charge in [-0.3, -0.25) is 14.6 Å². The van der Waals surface area contributed by atoms with Crippen LogP contribution in [-0.4, -0.2) is 29.5 Å². The summed E-state index contributed by atoms with van der Waals surface area (Å²) in [6.45, 7) is 11.5. The molecule has 31 heavy (non-hydrogen) atoms. The van der Waals surface area contributed by atoms with Gasteiger partial charge in [0.1, 0.15) is 6.07 Å². The first kappa shape index (κ1) is 20.0. The van der Waals surface area contributed by atoms with Crippen LogP contribution in [0.3, 0.4) is 0 Å². The summed E-state index contributed by atoms with van der Waals surface area (Å²) in [6, 6.07) is 13.6. The fourth-order valence-corrected chi connectivity index (χ4v) is 3.50. The molecule has 0 bridgehead atoms. The first-order valence-corrected chi connectivity index (χ1v) is 9.64. The number of aryl methyl sites for hydroxylation is 2. The van der Waals surface area contributed by atoms with E-state index in [1.807, 2.05) is 36.4 Å². The number of aromatic nitrogens is 6. The van der Waals surface area contributed by atoms with Gasteiger partial charge >= 0.3 is 5.82 Å². The van der Waals surface area contributed by atoms with Gasteiger partial charge in [0.15, 0.2) is 5.69 Å². The van der Waals surface area contributed by atoms with E-state index in [1.165, 1.54) is 0 Å². The second-order valence-corrected chi connectivity index (χ2v) is 7.77. The van der Waals surface area contributed by atoms with Crippen molar-refractivity contribution in [2.24, 2.45) is 14.1 Å². The van der Waals surface area contributed by atoms with Crippen LogP contribution < -0.4 is 0 Å². The molecule has 0 aliphatic rings. The Labute approximate surface area is 180 Å². The Morgan fingerprint density at radius 1 is 0.903 bits per heavy atom. The van der Waals surface area contributed by atoms with Crippen LogP contribution in [0, 0.1) is 17.9 Å². The van der Waals surface area contributed by atoms with Crippen molar-refractivity contribution in [1.82, 2.24) is 29.5 Å². The Morgan fingerprint density at radius 2 is 1.45 bits per heavy atom. The molecule has 4 aromatic rings. The largest absolute Gasteiger partial charge is 0.358 e. The highest BCUT2D eigenvalue weighted by molar-refractivity contribution is 5.72. The maximum Gasteiger partial charge on any atom is 0.304 e. The predicted octanol–water partition coefficient (Wildman–Crippen LogP) is 4.03. The Balaban J connectivity index is 1.78. The van der Waals surface area contributed by atoms with Gasteiger partial charge in [-0.2, -0.15) is 10.4 Å². The van der Waals surface area contributed by atoms with Crippen molar-refractivity contribution in [2.45, 2.75) is 19.3 Å². The smallest absolute Gasteiger partial charge is 0.304 e. The number of nitrogens with zero attached hydrogens (tertiary/aromatic N) is 8. The summed E-state index contributed by atoms with van der Waals surface area (Å²) in [5.41, 5.74) is 4.25. The predicted molar refractivity (Wildman–Crippen MR) is 116 cm³/mol. The fraction of sp³-hybridized carbons (Fsp3) is 0.217. The molecule has 8 heteroatoms. The van der Waals surface area contributed by atoms with Gasteiger partial charge < -0.3 is 4.85 Å². The lowest BCUT2D eigenvalue weighted by molar-refractivity contribution is 0.597. The minimum atomic E-state index is -0.512. The molecule has 4 heterocycles. The van der Waals surface area contributed by atoms with Crippen LogP contribution in [0.25, 0.3) is 27.4 Å². The van der Waals surface area contributed by atoms with E-state index in [0.717, 1.165) is 11.4 Å². The standard InChI is InChI=1S/C23H20N8/c1-23(2,20-10-6-8-17(26-20)15-13-30(4)28-19(15)12-24)21-11-7-9-18(27-21)16-14-31(5)29-22(16)25-3/h6-11,13-14H,1-2,4-5H3. The van der Waals surface area contributed by atoms with Gasteiger partial charge in [0.05, 0.1) is 28.3 Å². The zero-order valence-corrected chi connectivity index (χ0v) is 17.7. The van der Waals surface area contributed by atoms with E-state index in [0.29, 0.717) is 34.0 Å². The molecule has 0 N–H and O–H groups in total. The zero-order valence-electron chi connectivity index (χ0n) is 17.7. The quantitative estimate of drug-likeness (QED) is 0.476. The van der Waals surface area contributed by atoms with Crippen molar-refractivity contribution >= 4 is 5.82 Å². The molecular formula is C23H20N8. The lowest BCUT2D eigenvalue weighted by Crippen LogP contribution is -2.22. The van der Waals surface area contributed by atoms with Crippen molar-refractivity contribution in [3.63, 3.8) is 0 Å². The molecule has 4 rings (SSSR count). The summed E-state index contributed by atoms with van der Waals surface area (Å²) in [7, 11) is 3.57. The average molecular weight is 408 g/mol. The lowest BCUT2D eigenvalue weighted by atomic mass is 9.84. The molecule has 0 saturated heterocycles. The van der Waals surface area contributed by atoms with Crippen LogP contribution in [0.5, 0.6) is 0 Å². The number of hydrogen-bond donors (Lipinski definition) is 0. The normalized spacial score (nSPS) is 11.2. The average Bonchev–Trinajstić information content (AvgIpc) is 3.35. The molecule has 0 atom stereocenters. The van der Waals surface area contributed by atoms with Crippen molar-refractivity contribution in [3.8, 4) is 28.6 Å². The summed E-state index contributed by atoms with van der Waals surface area (Å²) < 4.78 is 3.23. The topological polar surface area (TPSA) is 89.6 Å². The third-order valence-electron chi connectivity index (χ3n) is 5.18. The molecule has 0 amide bonds. The van der Waals surface area contributed by atoms with Gasteiger partial charge in [0, 0.05) is 37.5 Å². The van der Waals surface area contributed by atoms with Crippen LogP contribution in [0.4, 0.5) is 5.82 Å². The van der Waals surface area contributed by atoms with Crippen LogP contribution >= 0.6 is 0 Å². The van der Waals surface area contributed by atoms with E-state index in [1.54, 1.807) is 35.9 Å². The minimum Gasteiger partial charge on any atom is -0.358 e. The monoisotopic (exact) mass is 408 g/mol. The van der Waals surface area contributed by atoms with E-state index in [4.69, 9.17) is 16.5 Å². The van der Waals surface area contributed by atoms with Gasteiger partial charge in [0.25, 0.3) is 0 Å². The van der Waals surface area contributed by atoms with Gasteiger partial charge in [-0.05, 0) is 43.2 Å². The van der Waals surface area contributed by atoms with Crippen molar-refractivity contribution in [3.05, 3.63) is 77.3 Å². The van der Waals surface area contributed by atoms with Crippen LogP contribution in [0.1, 0.15) is 30.9 Å². The molecule has 152 valence electrons. The van der Waals surface area contributed by atoms with Crippen molar-refractivity contribution < 1.29 is 0 Å². The first-order chi connectivity index (χ1) is 14.8. The van der Waals surface area contributed by atoms with E-state index in [9.17, 15) is 5.26 Å². The summed E-state index contributed by atoms with van der Waals surface area (Å²) in [6.07, 6.45) is 3.60. The highest BCUT2D eigenvalue weighted by atomic mass is 15.3. The SMILES string of the molecule is [C-]#[N+]c1nn(C)cc1-c1cccc(C(C)(C)c2cccc(-c3cn(C)nc3C#N)n2)n1. The molecule has 0 radical (unpaired) electrons. The molecule has 8 nitrogen and oxygen atoms in total. The third kappa shape index (κ3) is 3.56. The van der Waals surface area contributed by atoms with Crippen LogP contribution in [-0.2, 0) is 19.5 Å². The van der Waals surface area contributed by atoms with Gasteiger partial charge in [-0.25, -0.2) is 4.68 Å². The Bertz CT molecular complexity index is 1260. The molecule has 4 aromatic heterocycles. The Kier molecular flexibility index (Phi) is 4.84. The van der Waals surface area contributed by atoms with E-state index in [-0.39, 0.29) is 0 Å². The molecule has 0 unspecified atom stereocenters. The molecule has 0 spiro atoms. The van der Waals surface area contributed by atoms with Crippen molar-refractivity contribution in [2.75, 3.05) is 0 Å². The number of hydrogen-bond acceptors (Lipinski definition) is 5. The maximum atomic E-state index is 9.39. The molecule has 0 aliphatic carbocycles. The van der Waals surface area contributed by atoms with E-state index in [2.05, 4.69) is 35.0 Å². The zero-order chi connectivity index (χ0) is 22.2. The maximum absolute atomic E-state index is 9.39. The third-order valence-corrected chi connectivity index (χ3v) is 5.18. The van der Waals surface area contributed by atoms with Gasteiger partial charge in [-0.1, -0.05) is 18.7 Å². The second kappa shape index (κ2) is 7.51. The number of rotatable bonds is 4. The molecule has 0 fully saturated rings. The summed E-state index contributed by atoms with van der Waals surface area (Å²) >= 11 is 0. The summed E-state index contributed by atoms with van der Waals surface area (Å²) in [5, 5.41) is 17.8. The van der Waals surface area contributed by atoms with Crippen LogP contribution in [0.2, 0.25) is 0 Å². The number of pyridine rings is 2. The first-order valence-electron chi connectivity index (χ1n) is 9.64. The van der Waals surface area contributed by atoms with Crippen molar-refractivity contribution in [1.29, 1.82) is 5.26 Å². The summed E-state index contributed by atoms with van der Waals surface area (Å²) in [5.74, 6) is 0.325. The van der Waals surface area contributed by atoms with Gasteiger partial charge in [0.2, 0.25) is 0 Å². The van der Waals surface area contributed by atoms with Gasteiger partial charge in [-0.15, -0.1) is 0 Å². The molecule has 0 aliphatic heterocycles. The molecule has 0 saturated carbocycles. The molecule has 0 aromatic carbocycles. The highest BCUT2D eigenvalue weighted by Gasteiger charge is 2.28. The fourth-order valence-electron chi connectivity index (χ4n) is 3.50.